The number of aliphatic hydroxyl groups excluding tert-OH is 1. The number of ether oxygens (including phenoxy) is 1. The van der Waals surface area contributed by atoms with Gasteiger partial charge in [0.2, 0.25) is 5.91 Å². The molecule has 1 atom stereocenters. The van der Waals surface area contributed by atoms with Crippen molar-refractivity contribution in [2.75, 3.05) is 6.61 Å². The SMILES string of the molecule is Cc1ccc(C(N)=O)cc1OCC(O)c1ccccc1Cl. The Kier molecular flexibility index (Phi) is 4.83. The minimum absolute atomic E-state index is 0.0345. The summed E-state index contributed by atoms with van der Waals surface area (Å²) >= 11 is 6.02. The van der Waals surface area contributed by atoms with Gasteiger partial charge < -0.3 is 15.6 Å². The van der Waals surface area contributed by atoms with Crippen molar-refractivity contribution in [3.8, 4) is 5.75 Å². The number of amides is 1. The van der Waals surface area contributed by atoms with E-state index >= 15 is 0 Å². The summed E-state index contributed by atoms with van der Waals surface area (Å²) in [6, 6.07) is 12.0. The number of aliphatic hydroxyl groups is 1. The maximum atomic E-state index is 11.2. The van der Waals surface area contributed by atoms with Crippen molar-refractivity contribution in [2.24, 2.45) is 5.73 Å². The van der Waals surface area contributed by atoms with Crippen LogP contribution in [0.25, 0.3) is 0 Å². The zero-order valence-corrected chi connectivity index (χ0v) is 12.3. The third kappa shape index (κ3) is 3.74. The molecule has 0 radical (unpaired) electrons. The molecule has 0 bridgehead atoms. The first-order valence-electron chi connectivity index (χ1n) is 6.45. The van der Waals surface area contributed by atoms with Crippen molar-refractivity contribution < 1.29 is 14.6 Å². The fraction of sp³-hybridized carbons (Fsp3) is 0.188. The smallest absolute Gasteiger partial charge is 0.248 e. The first-order chi connectivity index (χ1) is 9.99. The summed E-state index contributed by atoms with van der Waals surface area (Å²) in [5.41, 5.74) is 7.06. The summed E-state index contributed by atoms with van der Waals surface area (Å²) in [5.74, 6) is -0.0103. The number of aryl methyl sites for hydroxylation is 1. The Morgan fingerprint density at radius 2 is 2.05 bits per heavy atom. The van der Waals surface area contributed by atoms with Gasteiger partial charge in [-0.1, -0.05) is 35.9 Å². The quantitative estimate of drug-likeness (QED) is 0.892. The van der Waals surface area contributed by atoms with E-state index in [-0.39, 0.29) is 6.61 Å². The van der Waals surface area contributed by atoms with Gasteiger partial charge in [0.05, 0.1) is 0 Å². The molecule has 0 aliphatic carbocycles. The van der Waals surface area contributed by atoms with Gasteiger partial charge in [0.25, 0.3) is 0 Å². The Labute approximate surface area is 128 Å². The number of rotatable bonds is 5. The monoisotopic (exact) mass is 305 g/mol. The number of halogens is 1. The number of hydrogen-bond donors (Lipinski definition) is 2. The average Bonchev–Trinajstić information content (AvgIpc) is 2.46. The van der Waals surface area contributed by atoms with Gasteiger partial charge in [-0.15, -0.1) is 0 Å². The van der Waals surface area contributed by atoms with E-state index in [1.54, 1.807) is 42.5 Å². The Morgan fingerprint density at radius 3 is 2.71 bits per heavy atom. The van der Waals surface area contributed by atoms with Crippen molar-refractivity contribution in [2.45, 2.75) is 13.0 Å². The van der Waals surface area contributed by atoms with Crippen molar-refractivity contribution in [1.82, 2.24) is 0 Å². The number of hydrogen-bond acceptors (Lipinski definition) is 3. The summed E-state index contributed by atoms with van der Waals surface area (Å²) in [6.45, 7) is 1.88. The Bertz CT molecular complexity index is 658. The van der Waals surface area contributed by atoms with Crippen molar-refractivity contribution in [3.63, 3.8) is 0 Å². The zero-order valence-electron chi connectivity index (χ0n) is 11.5. The standard InChI is InChI=1S/C16H16ClNO3/c1-10-6-7-11(16(18)20)8-15(10)21-9-14(19)12-4-2-3-5-13(12)17/h2-8,14,19H,9H2,1H3,(H2,18,20). The highest BCUT2D eigenvalue weighted by atomic mass is 35.5. The van der Waals surface area contributed by atoms with E-state index in [1.165, 1.54) is 0 Å². The van der Waals surface area contributed by atoms with Crippen LogP contribution in [-0.2, 0) is 0 Å². The van der Waals surface area contributed by atoms with E-state index in [0.717, 1.165) is 5.56 Å². The second-order valence-electron chi connectivity index (χ2n) is 4.69. The normalized spacial score (nSPS) is 12.0. The summed E-state index contributed by atoms with van der Waals surface area (Å²) in [4.78, 5) is 11.2. The molecule has 2 aromatic rings. The van der Waals surface area contributed by atoms with Crippen LogP contribution < -0.4 is 10.5 Å². The lowest BCUT2D eigenvalue weighted by molar-refractivity contribution is 0.0997. The third-order valence-electron chi connectivity index (χ3n) is 3.13. The molecule has 0 saturated heterocycles. The van der Waals surface area contributed by atoms with Crippen LogP contribution in [0.4, 0.5) is 0 Å². The van der Waals surface area contributed by atoms with Crippen molar-refractivity contribution in [1.29, 1.82) is 0 Å². The van der Waals surface area contributed by atoms with Crippen LogP contribution in [0.1, 0.15) is 27.6 Å². The van der Waals surface area contributed by atoms with Crippen LogP contribution in [0.5, 0.6) is 5.75 Å². The molecule has 21 heavy (non-hydrogen) atoms. The number of nitrogens with two attached hydrogens (primary N) is 1. The summed E-state index contributed by atoms with van der Waals surface area (Å²) in [6.07, 6.45) is -0.852. The fourth-order valence-electron chi connectivity index (χ4n) is 1.91. The fourth-order valence-corrected chi connectivity index (χ4v) is 2.17. The van der Waals surface area contributed by atoms with Crippen LogP contribution in [-0.4, -0.2) is 17.6 Å². The number of benzene rings is 2. The zero-order chi connectivity index (χ0) is 15.4. The van der Waals surface area contributed by atoms with Crippen LogP contribution >= 0.6 is 11.6 Å². The van der Waals surface area contributed by atoms with Gasteiger partial charge in [-0.25, -0.2) is 0 Å². The molecule has 0 spiro atoms. The van der Waals surface area contributed by atoms with Gasteiger partial charge in [-0.2, -0.15) is 0 Å². The van der Waals surface area contributed by atoms with E-state index in [1.807, 2.05) is 6.92 Å². The van der Waals surface area contributed by atoms with E-state index in [9.17, 15) is 9.90 Å². The van der Waals surface area contributed by atoms with Crippen LogP contribution in [0.15, 0.2) is 42.5 Å². The summed E-state index contributed by atoms with van der Waals surface area (Å²) < 4.78 is 5.58. The second-order valence-corrected chi connectivity index (χ2v) is 5.10. The van der Waals surface area contributed by atoms with E-state index in [2.05, 4.69) is 0 Å². The van der Waals surface area contributed by atoms with Crippen molar-refractivity contribution >= 4 is 17.5 Å². The molecular formula is C16H16ClNO3. The predicted molar refractivity (Wildman–Crippen MR) is 81.6 cm³/mol. The van der Waals surface area contributed by atoms with Crippen LogP contribution in [0, 0.1) is 6.92 Å². The molecule has 2 aromatic carbocycles. The van der Waals surface area contributed by atoms with E-state index in [4.69, 9.17) is 22.1 Å². The molecule has 1 amide bonds. The van der Waals surface area contributed by atoms with Gasteiger partial charge >= 0.3 is 0 Å². The molecule has 0 aliphatic rings. The minimum Gasteiger partial charge on any atom is -0.490 e. The highest BCUT2D eigenvalue weighted by molar-refractivity contribution is 6.31. The van der Waals surface area contributed by atoms with Crippen LogP contribution in [0.2, 0.25) is 5.02 Å². The largest absolute Gasteiger partial charge is 0.490 e. The molecule has 0 aromatic heterocycles. The highest BCUT2D eigenvalue weighted by Gasteiger charge is 2.13. The lowest BCUT2D eigenvalue weighted by Gasteiger charge is -2.15. The van der Waals surface area contributed by atoms with Gasteiger partial charge in [0.1, 0.15) is 18.5 Å². The minimum atomic E-state index is -0.852. The molecule has 0 heterocycles. The summed E-state index contributed by atoms with van der Waals surface area (Å²) in [7, 11) is 0. The molecule has 3 N–H and O–H groups in total. The van der Waals surface area contributed by atoms with Crippen LogP contribution in [0.3, 0.4) is 0 Å². The first kappa shape index (κ1) is 15.4. The Hall–Kier alpha value is -2.04. The third-order valence-corrected chi connectivity index (χ3v) is 3.48. The maximum Gasteiger partial charge on any atom is 0.248 e. The second kappa shape index (κ2) is 6.61. The Balaban J connectivity index is 2.11. The van der Waals surface area contributed by atoms with Gasteiger partial charge in [0, 0.05) is 16.1 Å². The van der Waals surface area contributed by atoms with E-state index < -0.39 is 12.0 Å². The molecule has 2 rings (SSSR count). The number of primary amides is 1. The Morgan fingerprint density at radius 1 is 1.33 bits per heavy atom. The molecule has 0 aliphatic heterocycles. The lowest BCUT2D eigenvalue weighted by Crippen LogP contribution is -2.13. The molecule has 4 nitrogen and oxygen atoms in total. The van der Waals surface area contributed by atoms with Gasteiger partial charge in [-0.3, -0.25) is 4.79 Å². The molecule has 1 unspecified atom stereocenters. The average molecular weight is 306 g/mol. The van der Waals surface area contributed by atoms with Gasteiger partial charge in [0.15, 0.2) is 0 Å². The molecule has 0 saturated carbocycles. The van der Waals surface area contributed by atoms with Crippen molar-refractivity contribution in [3.05, 3.63) is 64.2 Å². The summed E-state index contributed by atoms with van der Waals surface area (Å²) in [5, 5.41) is 10.6. The molecular weight excluding hydrogens is 290 g/mol. The lowest BCUT2D eigenvalue weighted by atomic mass is 10.1. The molecule has 5 heteroatoms. The maximum absolute atomic E-state index is 11.2. The van der Waals surface area contributed by atoms with Gasteiger partial charge in [-0.05, 0) is 30.7 Å². The van der Waals surface area contributed by atoms with E-state index in [0.29, 0.717) is 21.9 Å². The number of carbonyl (C=O) groups is 1. The first-order valence-corrected chi connectivity index (χ1v) is 6.82. The molecule has 110 valence electrons. The molecule has 0 fully saturated rings. The highest BCUT2D eigenvalue weighted by Crippen LogP contribution is 2.25. The predicted octanol–water partition coefficient (Wildman–Crippen LogP) is 2.86. The number of carbonyl (C=O) groups excluding carboxylic acids is 1. The topological polar surface area (TPSA) is 72.6 Å².